The summed E-state index contributed by atoms with van der Waals surface area (Å²) in [4.78, 5) is 6.58. The lowest BCUT2D eigenvalue weighted by molar-refractivity contribution is 0.0389. The number of rotatable bonds is 9. The number of morpholine rings is 1. The number of ether oxygens (including phenoxy) is 2. The maximum atomic E-state index is 5.43. The van der Waals surface area contributed by atoms with E-state index in [0.717, 1.165) is 64.9 Å². The Kier molecular flexibility index (Phi) is 14.3. The van der Waals surface area contributed by atoms with Gasteiger partial charge in [0.2, 0.25) is 0 Å². The second-order valence-corrected chi connectivity index (χ2v) is 4.57. The number of halogens is 1. The van der Waals surface area contributed by atoms with Gasteiger partial charge in [0, 0.05) is 39.8 Å². The highest BCUT2D eigenvalue weighted by Crippen LogP contribution is 1.94. The molecule has 0 aromatic heterocycles. The van der Waals surface area contributed by atoms with Crippen molar-refractivity contribution in [2.75, 3.05) is 66.2 Å². The minimum Gasteiger partial charge on any atom is -0.379 e. The topological polar surface area (TPSA) is 58.1 Å². The molecule has 1 aliphatic rings. The van der Waals surface area contributed by atoms with Crippen molar-refractivity contribution in [2.45, 2.75) is 6.42 Å². The molecule has 0 radical (unpaired) electrons. The van der Waals surface area contributed by atoms with E-state index in [1.54, 1.807) is 7.05 Å². The summed E-state index contributed by atoms with van der Waals surface area (Å²) in [6, 6.07) is 0. The Balaban J connectivity index is 0.00000400. The maximum absolute atomic E-state index is 5.43. The first-order valence-corrected chi connectivity index (χ1v) is 7.30. The largest absolute Gasteiger partial charge is 0.379 e. The first-order valence-electron chi connectivity index (χ1n) is 7.30. The Labute approximate surface area is 145 Å². The van der Waals surface area contributed by atoms with Crippen LogP contribution in [0.1, 0.15) is 6.42 Å². The van der Waals surface area contributed by atoms with Crippen LogP contribution in [0.15, 0.2) is 17.6 Å². The molecule has 0 amide bonds. The summed E-state index contributed by atoms with van der Waals surface area (Å²) in [6.45, 7) is 11.4. The van der Waals surface area contributed by atoms with Gasteiger partial charge in [-0.05, 0) is 6.42 Å². The smallest absolute Gasteiger partial charge is 0.191 e. The summed E-state index contributed by atoms with van der Waals surface area (Å²) < 4.78 is 10.8. The summed E-state index contributed by atoms with van der Waals surface area (Å²) in [5, 5.41) is 6.53. The van der Waals surface area contributed by atoms with Gasteiger partial charge in [-0.25, -0.2) is 0 Å². The van der Waals surface area contributed by atoms with Gasteiger partial charge in [-0.2, -0.15) is 0 Å². The molecule has 1 saturated heterocycles. The summed E-state index contributed by atoms with van der Waals surface area (Å²) in [7, 11) is 1.78. The molecule has 0 aromatic carbocycles. The lowest BCUT2D eigenvalue weighted by Gasteiger charge is -2.26. The average molecular weight is 412 g/mol. The standard InChI is InChI=1S/C14H28N4O2.HI/c1-3-4-10-19-11-6-17-14(15-2)16-5-7-18-8-12-20-13-9-18;/h3H,1,4-13H2,2H3,(H2,15,16,17);1H. The van der Waals surface area contributed by atoms with E-state index in [2.05, 4.69) is 27.1 Å². The molecule has 2 N–H and O–H groups in total. The summed E-state index contributed by atoms with van der Waals surface area (Å²) in [5.74, 6) is 0.825. The molecule has 1 fully saturated rings. The molecule has 1 rings (SSSR count). The van der Waals surface area contributed by atoms with Crippen LogP contribution in [0.2, 0.25) is 0 Å². The highest BCUT2D eigenvalue weighted by Gasteiger charge is 2.09. The van der Waals surface area contributed by atoms with E-state index < -0.39 is 0 Å². The molecular formula is C14H29IN4O2. The first-order chi connectivity index (χ1) is 9.86. The Bertz CT molecular complexity index is 284. The molecule has 6 nitrogen and oxygen atoms in total. The average Bonchev–Trinajstić information content (AvgIpc) is 2.50. The third-order valence-corrected chi connectivity index (χ3v) is 3.05. The van der Waals surface area contributed by atoms with Crippen LogP contribution in [0.4, 0.5) is 0 Å². The zero-order valence-electron chi connectivity index (χ0n) is 13.0. The molecular weight excluding hydrogens is 383 g/mol. The van der Waals surface area contributed by atoms with Gasteiger partial charge in [0.15, 0.2) is 5.96 Å². The first kappa shape index (κ1) is 20.6. The molecule has 0 spiro atoms. The van der Waals surface area contributed by atoms with E-state index in [1.807, 2.05) is 6.08 Å². The molecule has 0 aromatic rings. The van der Waals surface area contributed by atoms with Crippen LogP contribution < -0.4 is 10.6 Å². The van der Waals surface area contributed by atoms with Crippen LogP contribution in [0.25, 0.3) is 0 Å². The fourth-order valence-electron chi connectivity index (χ4n) is 1.89. The predicted octanol–water partition coefficient (Wildman–Crippen LogP) is 0.694. The molecule has 0 bridgehead atoms. The zero-order valence-corrected chi connectivity index (χ0v) is 15.3. The Morgan fingerprint density at radius 2 is 2.00 bits per heavy atom. The predicted molar refractivity (Wildman–Crippen MR) is 97.7 cm³/mol. The van der Waals surface area contributed by atoms with Crippen LogP contribution in [0.3, 0.4) is 0 Å². The van der Waals surface area contributed by atoms with Crippen molar-refractivity contribution in [1.82, 2.24) is 15.5 Å². The van der Waals surface area contributed by atoms with Crippen molar-refractivity contribution in [3.05, 3.63) is 12.7 Å². The summed E-state index contributed by atoms with van der Waals surface area (Å²) >= 11 is 0. The SMILES string of the molecule is C=CCCOCCNC(=NC)NCCN1CCOCC1.I. The van der Waals surface area contributed by atoms with Crippen molar-refractivity contribution >= 4 is 29.9 Å². The van der Waals surface area contributed by atoms with Crippen molar-refractivity contribution in [2.24, 2.45) is 4.99 Å². The van der Waals surface area contributed by atoms with E-state index in [9.17, 15) is 0 Å². The van der Waals surface area contributed by atoms with E-state index in [1.165, 1.54) is 0 Å². The van der Waals surface area contributed by atoms with Crippen LogP contribution >= 0.6 is 24.0 Å². The number of aliphatic imine (C=N–C) groups is 1. The van der Waals surface area contributed by atoms with E-state index in [-0.39, 0.29) is 24.0 Å². The van der Waals surface area contributed by atoms with Crippen LogP contribution in [-0.4, -0.2) is 77.1 Å². The Morgan fingerprint density at radius 3 is 2.67 bits per heavy atom. The molecule has 0 atom stereocenters. The molecule has 0 unspecified atom stereocenters. The van der Waals surface area contributed by atoms with Crippen LogP contribution in [0.5, 0.6) is 0 Å². The molecule has 0 aliphatic carbocycles. The fourth-order valence-corrected chi connectivity index (χ4v) is 1.89. The molecule has 124 valence electrons. The van der Waals surface area contributed by atoms with Crippen LogP contribution in [-0.2, 0) is 9.47 Å². The van der Waals surface area contributed by atoms with Crippen molar-refractivity contribution < 1.29 is 9.47 Å². The second kappa shape index (κ2) is 14.6. The van der Waals surface area contributed by atoms with E-state index in [4.69, 9.17) is 9.47 Å². The normalized spacial score (nSPS) is 16.1. The molecule has 1 aliphatic heterocycles. The van der Waals surface area contributed by atoms with E-state index in [0.29, 0.717) is 6.61 Å². The third kappa shape index (κ3) is 10.9. The molecule has 1 heterocycles. The van der Waals surface area contributed by atoms with Gasteiger partial charge in [0.25, 0.3) is 0 Å². The van der Waals surface area contributed by atoms with Gasteiger partial charge in [0.1, 0.15) is 0 Å². The Hall–Kier alpha value is -0.380. The van der Waals surface area contributed by atoms with Gasteiger partial charge in [-0.1, -0.05) is 6.08 Å². The fraction of sp³-hybridized carbons (Fsp3) is 0.786. The molecule has 7 heteroatoms. The van der Waals surface area contributed by atoms with Crippen LogP contribution in [0, 0.1) is 0 Å². The molecule has 0 saturated carbocycles. The minimum atomic E-state index is 0. The Morgan fingerprint density at radius 1 is 1.29 bits per heavy atom. The van der Waals surface area contributed by atoms with Crippen molar-refractivity contribution in [1.29, 1.82) is 0 Å². The zero-order chi connectivity index (χ0) is 14.5. The monoisotopic (exact) mass is 412 g/mol. The quantitative estimate of drug-likeness (QED) is 0.192. The number of nitrogens with one attached hydrogen (secondary N) is 2. The highest BCUT2D eigenvalue weighted by atomic mass is 127. The van der Waals surface area contributed by atoms with Gasteiger partial charge in [0.05, 0.1) is 26.4 Å². The maximum Gasteiger partial charge on any atom is 0.191 e. The minimum absolute atomic E-state index is 0. The highest BCUT2D eigenvalue weighted by molar-refractivity contribution is 14.0. The van der Waals surface area contributed by atoms with Gasteiger partial charge in [-0.15, -0.1) is 30.6 Å². The second-order valence-electron chi connectivity index (χ2n) is 4.57. The lowest BCUT2D eigenvalue weighted by Crippen LogP contribution is -2.45. The lowest BCUT2D eigenvalue weighted by atomic mass is 10.4. The van der Waals surface area contributed by atoms with Crippen molar-refractivity contribution in [3.63, 3.8) is 0 Å². The number of hydrogen-bond donors (Lipinski definition) is 2. The number of hydrogen-bond acceptors (Lipinski definition) is 4. The van der Waals surface area contributed by atoms with E-state index >= 15 is 0 Å². The van der Waals surface area contributed by atoms with Gasteiger partial charge < -0.3 is 20.1 Å². The number of guanidine groups is 1. The van der Waals surface area contributed by atoms with Gasteiger partial charge >= 0.3 is 0 Å². The number of nitrogens with zero attached hydrogens (tertiary/aromatic N) is 2. The summed E-state index contributed by atoms with van der Waals surface area (Å²) in [6.07, 6.45) is 2.76. The third-order valence-electron chi connectivity index (χ3n) is 3.05. The van der Waals surface area contributed by atoms with Crippen molar-refractivity contribution in [3.8, 4) is 0 Å². The molecule has 21 heavy (non-hydrogen) atoms. The summed E-state index contributed by atoms with van der Waals surface area (Å²) in [5.41, 5.74) is 0. The van der Waals surface area contributed by atoms with Gasteiger partial charge in [-0.3, -0.25) is 9.89 Å².